The highest BCUT2D eigenvalue weighted by Gasteiger charge is 2.30. The molecule has 0 radical (unpaired) electrons. The lowest BCUT2D eigenvalue weighted by molar-refractivity contribution is 0.443. The summed E-state index contributed by atoms with van der Waals surface area (Å²) in [6.07, 6.45) is 46.0. The minimum Gasteiger partial charge on any atom is -0.325 e. The zero-order chi connectivity index (χ0) is 47.5. The Morgan fingerprint density at radius 3 is 1.28 bits per heavy atom. The minimum atomic E-state index is -0.0815. The largest absolute Gasteiger partial charge is 0.325 e. The van der Waals surface area contributed by atoms with Gasteiger partial charge in [0, 0.05) is 22.5 Å². The highest BCUT2D eigenvalue weighted by Crippen LogP contribution is 2.37. The number of rotatable bonds is 27. The Balaban J connectivity index is 0.000000264. The summed E-state index contributed by atoms with van der Waals surface area (Å²) in [5, 5.41) is 0. The van der Waals surface area contributed by atoms with Crippen LogP contribution >= 0.6 is 0 Å². The van der Waals surface area contributed by atoms with Gasteiger partial charge in [0.2, 0.25) is 0 Å². The molecule has 0 saturated carbocycles. The lowest BCUT2D eigenvalue weighted by Gasteiger charge is -2.22. The van der Waals surface area contributed by atoms with Gasteiger partial charge in [-0.3, -0.25) is 0 Å². The van der Waals surface area contributed by atoms with Gasteiger partial charge in [-0.1, -0.05) is 242 Å². The van der Waals surface area contributed by atoms with E-state index in [0.717, 1.165) is 51.4 Å². The van der Waals surface area contributed by atoms with E-state index in [9.17, 15) is 0 Å². The summed E-state index contributed by atoms with van der Waals surface area (Å²) in [5.74, 6) is 0.507. The molecule has 374 valence electrons. The van der Waals surface area contributed by atoms with Crippen LogP contribution in [0.25, 0.3) is 11.1 Å². The van der Waals surface area contributed by atoms with E-state index in [-0.39, 0.29) is 24.0 Å². The second-order valence-electron chi connectivity index (χ2n) is 21.0. The average Bonchev–Trinajstić information content (AvgIpc) is 4.08. The summed E-state index contributed by atoms with van der Waals surface area (Å²) < 4.78 is 0. The lowest BCUT2D eigenvalue weighted by Crippen LogP contribution is -2.35. The van der Waals surface area contributed by atoms with Crippen LogP contribution in [0.15, 0.2) is 97.1 Å². The summed E-state index contributed by atoms with van der Waals surface area (Å²) in [4.78, 5) is 0. The molecule has 4 atom stereocenters. The highest BCUT2D eigenvalue weighted by atomic mass is 14.7. The molecule has 0 spiro atoms. The Morgan fingerprint density at radius 1 is 0.478 bits per heavy atom. The van der Waals surface area contributed by atoms with Crippen LogP contribution in [-0.4, -0.2) is 16.6 Å². The van der Waals surface area contributed by atoms with Gasteiger partial charge in [-0.05, 0) is 134 Å². The molecule has 3 aromatic rings. The van der Waals surface area contributed by atoms with E-state index in [1.165, 1.54) is 179 Å². The Kier molecular flexibility index (Phi) is 27.6. The molecular weight excluding hydrogens is 811 g/mol. The van der Waals surface area contributed by atoms with E-state index >= 15 is 0 Å². The molecule has 6 rings (SSSR count). The zero-order valence-electron chi connectivity index (χ0n) is 43.6. The molecule has 3 heteroatoms. The third-order valence-corrected chi connectivity index (χ3v) is 15.4. The number of hydrogen-bond acceptors (Lipinski definition) is 3. The maximum atomic E-state index is 6.38. The Labute approximate surface area is 414 Å². The predicted molar refractivity (Wildman–Crippen MR) is 300 cm³/mol. The normalized spacial score (nSPS) is 21.8. The van der Waals surface area contributed by atoms with Crippen LogP contribution in [0.4, 0.5) is 0 Å². The molecule has 67 heavy (non-hydrogen) atoms. The van der Waals surface area contributed by atoms with Crippen LogP contribution in [-0.2, 0) is 19.3 Å². The first kappa shape index (κ1) is 58.1. The number of nitrogens with two attached hydrogens (primary N) is 3. The second-order valence-corrected chi connectivity index (χ2v) is 21.0. The monoisotopic (exact) mass is 914 g/mol. The van der Waals surface area contributed by atoms with Gasteiger partial charge in [0.1, 0.15) is 0 Å². The fourth-order valence-corrected chi connectivity index (χ4v) is 10.1. The fraction of sp³-hybridized carbons (Fsp3) is 0.625. The van der Waals surface area contributed by atoms with Crippen LogP contribution in [0, 0.1) is 0 Å². The summed E-state index contributed by atoms with van der Waals surface area (Å²) in [6.45, 7) is 13.4. The van der Waals surface area contributed by atoms with Gasteiger partial charge < -0.3 is 17.2 Å². The van der Waals surface area contributed by atoms with Crippen LogP contribution in [0.2, 0.25) is 0 Å². The first-order valence-electron chi connectivity index (χ1n) is 27.7. The van der Waals surface area contributed by atoms with Gasteiger partial charge in [-0.25, -0.2) is 0 Å². The van der Waals surface area contributed by atoms with Crippen molar-refractivity contribution < 1.29 is 0 Å². The topological polar surface area (TPSA) is 78.1 Å². The molecule has 0 heterocycles. The number of benzene rings is 3. The Morgan fingerprint density at radius 2 is 0.896 bits per heavy atom. The first-order chi connectivity index (χ1) is 32.0. The molecule has 3 aliphatic carbocycles. The zero-order valence-corrected chi connectivity index (χ0v) is 43.6. The molecule has 0 fully saturated rings. The van der Waals surface area contributed by atoms with E-state index in [2.05, 4.69) is 139 Å². The van der Waals surface area contributed by atoms with E-state index in [1.807, 2.05) is 0 Å². The van der Waals surface area contributed by atoms with Crippen molar-refractivity contribution in [1.29, 1.82) is 0 Å². The molecule has 3 aromatic carbocycles. The van der Waals surface area contributed by atoms with E-state index in [1.54, 1.807) is 0 Å². The van der Waals surface area contributed by atoms with Gasteiger partial charge in [0.05, 0.1) is 0 Å². The molecule has 0 aliphatic heterocycles. The quantitative estimate of drug-likeness (QED) is 0.0527. The van der Waals surface area contributed by atoms with Crippen LogP contribution in [0.5, 0.6) is 0 Å². The minimum absolute atomic E-state index is 0. The van der Waals surface area contributed by atoms with Crippen molar-refractivity contribution in [2.45, 2.75) is 258 Å². The van der Waals surface area contributed by atoms with Gasteiger partial charge in [0.25, 0.3) is 0 Å². The van der Waals surface area contributed by atoms with Crippen LogP contribution in [0.1, 0.15) is 255 Å². The van der Waals surface area contributed by atoms with Crippen molar-refractivity contribution in [1.82, 2.24) is 0 Å². The lowest BCUT2D eigenvalue weighted by atomic mass is 9.89. The average molecular weight is 915 g/mol. The van der Waals surface area contributed by atoms with Crippen molar-refractivity contribution in [2.24, 2.45) is 17.2 Å². The molecule has 0 aromatic heterocycles. The number of hydrogen-bond donors (Lipinski definition) is 3. The molecular formula is C64H103N3. The third kappa shape index (κ3) is 21.1. The molecule has 0 bridgehead atoms. The second kappa shape index (κ2) is 31.8. The van der Waals surface area contributed by atoms with Crippen LogP contribution < -0.4 is 17.2 Å². The number of aryl methyl sites for hydroxylation is 3. The predicted octanol–water partition coefficient (Wildman–Crippen LogP) is 18.1. The van der Waals surface area contributed by atoms with E-state index in [4.69, 9.17) is 17.2 Å². The summed E-state index contributed by atoms with van der Waals surface area (Å²) in [7, 11) is 0. The standard InChI is InChI=1S/3C21H33N.CH4/c3*1-3-5-6-7-8-9-10-18-11-13-19(14-12-18)20-15-16-21(22,4-2)17-20;/h11-14,17H,3-10,15-16,22H2,1-2H3;11-15H,3-10,16-17,22H2,1-2H3;11-16,20H,3-10,17,22H2,1-2H3;1H4. The Hall–Kier alpha value is -3.24. The molecule has 0 saturated heterocycles. The summed E-state index contributed by atoms with van der Waals surface area (Å²) >= 11 is 0. The van der Waals surface area contributed by atoms with Crippen molar-refractivity contribution in [3.8, 4) is 0 Å². The molecule has 6 N–H and O–H groups in total. The summed E-state index contributed by atoms with van der Waals surface area (Å²) in [5.41, 5.74) is 30.4. The Bertz CT molecular complexity index is 1830. The van der Waals surface area contributed by atoms with E-state index in [0.29, 0.717) is 5.92 Å². The van der Waals surface area contributed by atoms with E-state index < -0.39 is 0 Å². The number of allylic oxidation sites excluding steroid dienone is 2. The molecule has 0 amide bonds. The third-order valence-electron chi connectivity index (χ3n) is 15.4. The van der Waals surface area contributed by atoms with Crippen molar-refractivity contribution in [3.63, 3.8) is 0 Å². The van der Waals surface area contributed by atoms with Gasteiger partial charge >= 0.3 is 0 Å². The SMILES string of the molecule is C.CCCCCCCCc1ccc(C2=CC(N)(CC)CC2)cc1.CCCCCCCCc1ccc(C2=CCC(N)(CC)C2)cc1.CCCCCCCCc1ccc(C2C=CC(N)(CC)C2)cc1. The smallest absolute Gasteiger partial charge is 0.0345 e. The van der Waals surface area contributed by atoms with Crippen LogP contribution in [0.3, 0.4) is 0 Å². The first-order valence-corrected chi connectivity index (χ1v) is 27.7. The summed E-state index contributed by atoms with van der Waals surface area (Å²) in [6, 6.07) is 27.7. The van der Waals surface area contributed by atoms with Gasteiger partial charge in [-0.15, -0.1) is 0 Å². The van der Waals surface area contributed by atoms with Crippen molar-refractivity contribution in [3.05, 3.63) is 130 Å². The highest BCUT2D eigenvalue weighted by molar-refractivity contribution is 5.70. The molecule has 4 unspecified atom stereocenters. The molecule has 3 aliphatic rings. The maximum Gasteiger partial charge on any atom is 0.0345 e. The van der Waals surface area contributed by atoms with Gasteiger partial charge in [-0.2, -0.15) is 0 Å². The maximum absolute atomic E-state index is 6.38. The van der Waals surface area contributed by atoms with Gasteiger partial charge in [0.15, 0.2) is 0 Å². The van der Waals surface area contributed by atoms with Crippen molar-refractivity contribution in [2.75, 3.05) is 0 Å². The fourth-order valence-electron chi connectivity index (χ4n) is 10.1. The molecule has 3 nitrogen and oxygen atoms in total. The van der Waals surface area contributed by atoms with Crippen molar-refractivity contribution >= 4 is 11.1 Å². The number of unbranched alkanes of at least 4 members (excludes halogenated alkanes) is 15.